The van der Waals surface area contributed by atoms with Crippen molar-refractivity contribution < 1.29 is 50.9 Å². The number of fused-ring (bicyclic) bond motifs is 1. The molecule has 2 aromatic rings. The number of aliphatic carboxylic acids is 2. The highest BCUT2D eigenvalue weighted by Crippen LogP contribution is 2.29. The topological polar surface area (TPSA) is 152 Å². The number of alkyl halides is 3. The molecule has 0 spiro atoms. The average molecular weight is 539 g/mol. The third-order valence-corrected chi connectivity index (χ3v) is 5.15. The maximum absolute atomic E-state index is 13.7. The Labute approximate surface area is 205 Å². The van der Waals surface area contributed by atoms with E-state index in [4.69, 9.17) is 15.9 Å². The third kappa shape index (κ3) is 8.73. The molecule has 16 heteroatoms. The zero-order chi connectivity index (χ0) is 27.9. The van der Waals surface area contributed by atoms with Crippen LogP contribution in [0.2, 0.25) is 0 Å². The largest absolute Gasteiger partial charge is 0.481 e. The normalized spacial score (nSPS) is 13.9. The van der Waals surface area contributed by atoms with Crippen LogP contribution in [0, 0.1) is 17.5 Å². The predicted octanol–water partition coefficient (Wildman–Crippen LogP) is 2.34. The van der Waals surface area contributed by atoms with Gasteiger partial charge < -0.3 is 25.4 Å². The van der Waals surface area contributed by atoms with E-state index in [1.165, 1.54) is 4.90 Å². The van der Waals surface area contributed by atoms with Gasteiger partial charge in [-0.1, -0.05) is 0 Å². The molecular formula is C21H23F6N5O5. The van der Waals surface area contributed by atoms with Crippen molar-refractivity contribution in [2.24, 2.45) is 5.73 Å². The summed E-state index contributed by atoms with van der Waals surface area (Å²) in [5.74, 6) is -7.04. The standard InChI is InChI=1S/C16H15F6N5O.C5H8O4/c17-10-6-12(19)11(18)4-8(10)3-9(23)5-14(28)26-1-2-27-13(7-26)24-25-15(27)16(20,21)22;6-4(7)2-1-3-5(8)9/h4,6,9H,1-3,5,7,23H2;1-3H2,(H,6,7)(H,8,9)/t9-;/m1./s1. The molecule has 0 radical (unpaired) electrons. The van der Waals surface area contributed by atoms with E-state index in [2.05, 4.69) is 10.2 Å². The molecule has 10 nitrogen and oxygen atoms in total. The van der Waals surface area contributed by atoms with E-state index in [1.807, 2.05) is 0 Å². The summed E-state index contributed by atoms with van der Waals surface area (Å²) in [6.45, 7) is -0.302. The van der Waals surface area contributed by atoms with Gasteiger partial charge in [0.2, 0.25) is 11.7 Å². The molecule has 1 aliphatic heterocycles. The number of benzene rings is 1. The van der Waals surface area contributed by atoms with Crippen molar-refractivity contribution in [2.45, 2.75) is 57.4 Å². The Bertz CT molecular complexity index is 1130. The number of carboxylic acid groups (broad SMARTS) is 2. The molecule has 0 aliphatic carbocycles. The Morgan fingerprint density at radius 1 is 0.973 bits per heavy atom. The van der Waals surface area contributed by atoms with E-state index in [-0.39, 0.29) is 63.1 Å². The van der Waals surface area contributed by atoms with Crippen molar-refractivity contribution in [3.63, 3.8) is 0 Å². The van der Waals surface area contributed by atoms with Crippen molar-refractivity contribution in [2.75, 3.05) is 6.54 Å². The van der Waals surface area contributed by atoms with Crippen molar-refractivity contribution in [3.8, 4) is 0 Å². The zero-order valence-corrected chi connectivity index (χ0v) is 19.1. The first kappa shape index (κ1) is 29.5. The van der Waals surface area contributed by atoms with Gasteiger partial charge in [-0.2, -0.15) is 13.2 Å². The number of aromatic nitrogens is 3. The summed E-state index contributed by atoms with van der Waals surface area (Å²) in [6.07, 6.45) is -5.02. The monoisotopic (exact) mass is 539 g/mol. The lowest BCUT2D eigenvalue weighted by Crippen LogP contribution is -2.42. The SMILES string of the molecule is N[C@@H](CC(=O)N1CCn2c(nnc2C(F)(F)F)C1)Cc1cc(F)c(F)cc1F.O=C(O)CCCC(=O)O. The molecule has 37 heavy (non-hydrogen) atoms. The molecule has 1 aromatic heterocycles. The highest BCUT2D eigenvalue weighted by molar-refractivity contribution is 5.77. The molecule has 0 saturated heterocycles. The Morgan fingerprint density at radius 3 is 2.14 bits per heavy atom. The highest BCUT2D eigenvalue weighted by Gasteiger charge is 2.40. The maximum atomic E-state index is 13.7. The molecule has 1 aliphatic rings. The van der Waals surface area contributed by atoms with Crippen molar-refractivity contribution >= 4 is 17.8 Å². The molecule has 0 saturated carbocycles. The summed E-state index contributed by atoms with van der Waals surface area (Å²) in [7, 11) is 0. The molecule has 0 unspecified atom stereocenters. The molecule has 2 heterocycles. The second kappa shape index (κ2) is 12.5. The van der Waals surface area contributed by atoms with E-state index >= 15 is 0 Å². The first-order valence-corrected chi connectivity index (χ1v) is 10.8. The molecule has 204 valence electrons. The maximum Gasteiger partial charge on any atom is 0.451 e. The van der Waals surface area contributed by atoms with Crippen molar-refractivity contribution in [3.05, 3.63) is 46.8 Å². The van der Waals surface area contributed by atoms with Crippen LogP contribution >= 0.6 is 0 Å². The number of hydrogen-bond donors (Lipinski definition) is 3. The van der Waals surface area contributed by atoms with Crippen molar-refractivity contribution in [1.29, 1.82) is 0 Å². The quantitative estimate of drug-likeness (QED) is 0.342. The number of nitrogens with two attached hydrogens (primary N) is 1. The van der Waals surface area contributed by atoms with Gasteiger partial charge in [0.1, 0.15) is 5.82 Å². The van der Waals surface area contributed by atoms with Gasteiger partial charge >= 0.3 is 18.1 Å². The van der Waals surface area contributed by atoms with E-state index in [9.17, 15) is 40.7 Å². The summed E-state index contributed by atoms with van der Waals surface area (Å²) < 4.78 is 79.3. The second-order valence-corrected chi connectivity index (χ2v) is 8.07. The number of halogens is 6. The molecule has 4 N–H and O–H groups in total. The van der Waals surface area contributed by atoms with E-state index < -0.39 is 53.3 Å². The number of hydrogen-bond acceptors (Lipinski definition) is 6. The number of amides is 1. The summed E-state index contributed by atoms with van der Waals surface area (Å²) in [6, 6.07) is 0.184. The van der Waals surface area contributed by atoms with Crippen LogP contribution in [0.1, 0.15) is 42.9 Å². The van der Waals surface area contributed by atoms with Crippen LogP contribution in [0.15, 0.2) is 12.1 Å². The van der Waals surface area contributed by atoms with Gasteiger partial charge in [0.05, 0.1) is 6.54 Å². The molecule has 0 fully saturated rings. The van der Waals surface area contributed by atoms with Crippen LogP contribution in [-0.2, 0) is 40.1 Å². The van der Waals surface area contributed by atoms with Crippen molar-refractivity contribution in [1.82, 2.24) is 19.7 Å². The van der Waals surface area contributed by atoms with E-state index in [0.717, 1.165) is 4.57 Å². The fourth-order valence-corrected chi connectivity index (χ4v) is 3.40. The lowest BCUT2D eigenvalue weighted by atomic mass is 10.0. The zero-order valence-electron chi connectivity index (χ0n) is 19.1. The number of carbonyl (C=O) groups is 3. The highest BCUT2D eigenvalue weighted by atomic mass is 19.4. The number of nitrogens with zero attached hydrogens (tertiary/aromatic N) is 4. The third-order valence-electron chi connectivity index (χ3n) is 5.15. The van der Waals surface area contributed by atoms with Gasteiger partial charge in [0.15, 0.2) is 17.5 Å². The second-order valence-electron chi connectivity index (χ2n) is 8.07. The van der Waals surface area contributed by atoms with Gasteiger partial charge in [0.25, 0.3) is 0 Å². The molecule has 1 aromatic carbocycles. The lowest BCUT2D eigenvalue weighted by Gasteiger charge is -2.29. The number of carboxylic acids is 2. The minimum absolute atomic E-state index is 0.000783. The molecule has 0 bridgehead atoms. The average Bonchev–Trinajstić information content (AvgIpc) is 3.21. The summed E-state index contributed by atoms with van der Waals surface area (Å²) >= 11 is 0. The number of carbonyl (C=O) groups excluding carboxylic acids is 1. The lowest BCUT2D eigenvalue weighted by molar-refractivity contribution is -0.148. The van der Waals surface area contributed by atoms with Gasteiger partial charge in [-0.05, 0) is 24.5 Å². The fraction of sp³-hybridized carbons (Fsp3) is 0.476. The summed E-state index contributed by atoms with van der Waals surface area (Å²) in [5, 5.41) is 22.7. The Morgan fingerprint density at radius 2 is 1.57 bits per heavy atom. The van der Waals surface area contributed by atoms with Gasteiger partial charge in [0, 0.05) is 44.5 Å². The van der Waals surface area contributed by atoms with E-state index in [1.54, 1.807) is 0 Å². The predicted molar refractivity (Wildman–Crippen MR) is 112 cm³/mol. The molecular weight excluding hydrogens is 516 g/mol. The van der Waals surface area contributed by atoms with Crippen LogP contribution in [0.4, 0.5) is 26.3 Å². The smallest absolute Gasteiger partial charge is 0.451 e. The summed E-state index contributed by atoms with van der Waals surface area (Å²) in [5.41, 5.74) is 5.64. The van der Waals surface area contributed by atoms with Crippen LogP contribution in [0.3, 0.4) is 0 Å². The molecule has 1 amide bonds. The van der Waals surface area contributed by atoms with Crippen LogP contribution in [-0.4, -0.2) is 60.3 Å². The van der Waals surface area contributed by atoms with Gasteiger partial charge in [-0.25, -0.2) is 13.2 Å². The van der Waals surface area contributed by atoms with Crippen LogP contribution in [0.25, 0.3) is 0 Å². The first-order valence-electron chi connectivity index (χ1n) is 10.8. The Kier molecular flexibility index (Phi) is 9.99. The Hall–Kier alpha value is -3.69. The molecule has 1 atom stereocenters. The van der Waals surface area contributed by atoms with Gasteiger partial charge in [-0.15, -0.1) is 10.2 Å². The van der Waals surface area contributed by atoms with Crippen LogP contribution in [0.5, 0.6) is 0 Å². The van der Waals surface area contributed by atoms with Crippen LogP contribution < -0.4 is 5.73 Å². The molecule has 3 rings (SSSR count). The number of rotatable bonds is 8. The van der Waals surface area contributed by atoms with Gasteiger partial charge in [-0.3, -0.25) is 14.4 Å². The minimum atomic E-state index is -4.64. The fourth-order valence-electron chi connectivity index (χ4n) is 3.40. The Balaban J connectivity index is 0.000000458. The summed E-state index contributed by atoms with van der Waals surface area (Å²) in [4.78, 5) is 33.2. The first-order chi connectivity index (χ1) is 17.2. The van der Waals surface area contributed by atoms with E-state index in [0.29, 0.717) is 12.1 Å². The minimum Gasteiger partial charge on any atom is -0.481 e.